The lowest BCUT2D eigenvalue weighted by atomic mass is 10.2. The first-order chi connectivity index (χ1) is 7.24. The quantitative estimate of drug-likeness (QED) is 0.722. The summed E-state index contributed by atoms with van der Waals surface area (Å²) in [5.41, 5.74) is 1.88. The van der Waals surface area contributed by atoms with Crippen LogP contribution in [-0.4, -0.2) is 36.1 Å². The van der Waals surface area contributed by atoms with E-state index < -0.39 is 0 Å². The van der Waals surface area contributed by atoms with Gasteiger partial charge in [-0.15, -0.1) is 11.3 Å². The second-order valence-corrected chi connectivity index (χ2v) is 4.85. The van der Waals surface area contributed by atoms with Crippen LogP contribution in [0, 0.1) is 0 Å². The molecule has 3 nitrogen and oxygen atoms in total. The van der Waals surface area contributed by atoms with Gasteiger partial charge in [0.2, 0.25) is 0 Å². The van der Waals surface area contributed by atoms with E-state index in [1.807, 2.05) is 11.7 Å². The van der Waals surface area contributed by atoms with E-state index in [9.17, 15) is 0 Å². The number of hydrogen-bond donors (Lipinski definition) is 1. The van der Waals surface area contributed by atoms with E-state index in [-0.39, 0.29) is 0 Å². The number of aromatic nitrogens is 1. The zero-order valence-corrected chi connectivity index (χ0v) is 10.7. The first-order valence-corrected chi connectivity index (χ1v) is 6.40. The normalized spacial score (nSPS) is 13.3. The van der Waals surface area contributed by atoms with E-state index in [0.717, 1.165) is 19.6 Å². The summed E-state index contributed by atoms with van der Waals surface area (Å²) in [5, 5.41) is 3.43. The van der Waals surface area contributed by atoms with Gasteiger partial charge >= 0.3 is 0 Å². The molecule has 0 saturated carbocycles. The maximum Gasteiger partial charge on any atom is 0.0794 e. The molecule has 4 heteroatoms. The fraction of sp³-hybridized carbons (Fsp3) is 0.727. The second-order valence-electron chi connectivity index (χ2n) is 3.88. The minimum atomic E-state index is 0.676. The largest absolute Gasteiger partial charge is 0.311 e. The van der Waals surface area contributed by atoms with Crippen LogP contribution in [0.25, 0.3) is 0 Å². The molecular weight excluding hydrogens is 206 g/mol. The van der Waals surface area contributed by atoms with Crippen molar-refractivity contribution >= 4 is 11.3 Å². The first kappa shape index (κ1) is 12.6. The fourth-order valence-electron chi connectivity index (χ4n) is 1.33. The van der Waals surface area contributed by atoms with E-state index in [1.54, 1.807) is 11.3 Å². The van der Waals surface area contributed by atoms with Crippen LogP contribution in [0.2, 0.25) is 0 Å². The third-order valence-corrected chi connectivity index (χ3v) is 3.55. The number of thiazole rings is 1. The molecule has 1 atom stereocenters. The number of nitrogens with zero attached hydrogens (tertiary/aromatic N) is 2. The molecule has 0 bridgehead atoms. The Kier molecular flexibility index (Phi) is 5.83. The summed E-state index contributed by atoms with van der Waals surface area (Å²) in [6.07, 6.45) is 3.14. The molecule has 1 aromatic rings. The van der Waals surface area contributed by atoms with Crippen molar-refractivity contribution in [1.29, 1.82) is 0 Å². The average molecular weight is 227 g/mol. The van der Waals surface area contributed by atoms with Gasteiger partial charge in [-0.1, -0.05) is 6.92 Å². The van der Waals surface area contributed by atoms with Crippen molar-refractivity contribution < 1.29 is 0 Å². The Bertz CT molecular complexity index is 248. The Hall–Kier alpha value is -0.450. The van der Waals surface area contributed by atoms with E-state index >= 15 is 0 Å². The molecule has 0 amide bonds. The molecule has 1 unspecified atom stereocenters. The van der Waals surface area contributed by atoms with Gasteiger partial charge in [-0.05, 0) is 20.4 Å². The standard InChI is InChI=1S/C11H21N3S/c1-4-10(2)14(3)6-5-12-7-11-8-13-9-15-11/h8-10,12H,4-7H2,1-3H3. The molecule has 1 heterocycles. The highest BCUT2D eigenvalue weighted by molar-refractivity contribution is 7.09. The third kappa shape index (κ3) is 4.73. The van der Waals surface area contributed by atoms with E-state index in [4.69, 9.17) is 0 Å². The second kappa shape index (κ2) is 6.93. The maximum atomic E-state index is 4.05. The Morgan fingerprint density at radius 1 is 1.60 bits per heavy atom. The van der Waals surface area contributed by atoms with Crippen molar-refractivity contribution in [2.24, 2.45) is 0 Å². The molecule has 0 saturated heterocycles. The zero-order valence-electron chi connectivity index (χ0n) is 9.86. The Labute approximate surface area is 96.5 Å². The van der Waals surface area contributed by atoms with Crippen molar-refractivity contribution in [3.05, 3.63) is 16.6 Å². The number of hydrogen-bond acceptors (Lipinski definition) is 4. The van der Waals surface area contributed by atoms with E-state index in [1.165, 1.54) is 11.3 Å². The van der Waals surface area contributed by atoms with Gasteiger partial charge < -0.3 is 10.2 Å². The number of rotatable bonds is 7. The minimum Gasteiger partial charge on any atom is -0.311 e. The molecule has 0 fully saturated rings. The number of likely N-dealkylation sites (N-methyl/N-ethyl adjacent to an activating group) is 1. The molecule has 0 aliphatic rings. The van der Waals surface area contributed by atoms with Crippen LogP contribution < -0.4 is 5.32 Å². The predicted molar refractivity (Wildman–Crippen MR) is 66.2 cm³/mol. The summed E-state index contributed by atoms with van der Waals surface area (Å²) in [6, 6.07) is 0.676. The van der Waals surface area contributed by atoms with Crippen molar-refractivity contribution in [3.63, 3.8) is 0 Å². The van der Waals surface area contributed by atoms with Crippen molar-refractivity contribution in [2.45, 2.75) is 32.9 Å². The lowest BCUT2D eigenvalue weighted by Gasteiger charge is -2.23. The van der Waals surface area contributed by atoms with Crippen LogP contribution in [0.15, 0.2) is 11.7 Å². The highest BCUT2D eigenvalue weighted by atomic mass is 32.1. The summed E-state index contributed by atoms with van der Waals surface area (Å²) in [7, 11) is 2.18. The molecule has 1 rings (SSSR count). The highest BCUT2D eigenvalue weighted by Crippen LogP contribution is 2.04. The van der Waals surface area contributed by atoms with Gasteiger partial charge in [0, 0.05) is 36.8 Å². The SMILES string of the molecule is CCC(C)N(C)CCNCc1cncs1. The average Bonchev–Trinajstić information content (AvgIpc) is 2.75. The number of nitrogens with one attached hydrogen (secondary N) is 1. The summed E-state index contributed by atoms with van der Waals surface area (Å²) in [4.78, 5) is 7.74. The van der Waals surface area contributed by atoms with Crippen molar-refractivity contribution in [1.82, 2.24) is 15.2 Å². The van der Waals surface area contributed by atoms with Crippen LogP contribution >= 0.6 is 11.3 Å². The van der Waals surface area contributed by atoms with Crippen molar-refractivity contribution in [2.75, 3.05) is 20.1 Å². The summed E-state index contributed by atoms with van der Waals surface area (Å²) in [6.45, 7) is 7.58. The van der Waals surface area contributed by atoms with Gasteiger partial charge in [0.25, 0.3) is 0 Å². The summed E-state index contributed by atoms with van der Waals surface area (Å²) < 4.78 is 0. The Morgan fingerprint density at radius 2 is 2.40 bits per heavy atom. The lowest BCUT2D eigenvalue weighted by Crippen LogP contribution is -2.34. The monoisotopic (exact) mass is 227 g/mol. The van der Waals surface area contributed by atoms with Crippen LogP contribution in [0.5, 0.6) is 0 Å². The van der Waals surface area contributed by atoms with Crippen LogP contribution in [-0.2, 0) is 6.54 Å². The molecule has 0 aromatic carbocycles. The molecule has 0 spiro atoms. The van der Waals surface area contributed by atoms with Crippen molar-refractivity contribution in [3.8, 4) is 0 Å². The molecule has 0 aliphatic carbocycles. The van der Waals surface area contributed by atoms with Crippen LogP contribution in [0.3, 0.4) is 0 Å². The molecule has 0 radical (unpaired) electrons. The van der Waals surface area contributed by atoms with E-state index in [0.29, 0.717) is 6.04 Å². The van der Waals surface area contributed by atoms with Gasteiger partial charge in [0.15, 0.2) is 0 Å². The molecule has 15 heavy (non-hydrogen) atoms. The Morgan fingerprint density at radius 3 is 3.00 bits per heavy atom. The predicted octanol–water partition coefficient (Wildman–Crippen LogP) is 1.96. The smallest absolute Gasteiger partial charge is 0.0794 e. The fourth-order valence-corrected chi connectivity index (χ4v) is 1.89. The van der Waals surface area contributed by atoms with Gasteiger partial charge in [-0.25, -0.2) is 0 Å². The van der Waals surface area contributed by atoms with E-state index in [2.05, 4.69) is 36.1 Å². The summed E-state index contributed by atoms with van der Waals surface area (Å²) >= 11 is 1.71. The third-order valence-electron chi connectivity index (χ3n) is 2.77. The minimum absolute atomic E-state index is 0.676. The molecular formula is C11H21N3S. The lowest BCUT2D eigenvalue weighted by molar-refractivity contribution is 0.252. The zero-order chi connectivity index (χ0) is 11.1. The first-order valence-electron chi connectivity index (χ1n) is 5.52. The van der Waals surface area contributed by atoms with Gasteiger partial charge in [0.1, 0.15) is 0 Å². The molecule has 1 aromatic heterocycles. The maximum absolute atomic E-state index is 4.05. The molecule has 86 valence electrons. The summed E-state index contributed by atoms with van der Waals surface area (Å²) in [5.74, 6) is 0. The van der Waals surface area contributed by atoms with Gasteiger partial charge in [-0.2, -0.15) is 0 Å². The molecule has 1 N–H and O–H groups in total. The molecule has 0 aliphatic heterocycles. The topological polar surface area (TPSA) is 28.2 Å². The van der Waals surface area contributed by atoms with Crippen LogP contribution in [0.1, 0.15) is 25.1 Å². The Balaban J connectivity index is 2.06. The highest BCUT2D eigenvalue weighted by Gasteiger charge is 2.05. The van der Waals surface area contributed by atoms with Crippen LogP contribution in [0.4, 0.5) is 0 Å². The van der Waals surface area contributed by atoms with Gasteiger partial charge in [0.05, 0.1) is 5.51 Å². The van der Waals surface area contributed by atoms with Gasteiger partial charge in [-0.3, -0.25) is 4.98 Å².